The lowest BCUT2D eigenvalue weighted by molar-refractivity contribution is 0.0801. The van der Waals surface area contributed by atoms with Crippen LogP contribution in [0, 0.1) is 0 Å². The van der Waals surface area contributed by atoms with Crippen molar-refractivity contribution in [2.45, 2.75) is 25.9 Å². The summed E-state index contributed by atoms with van der Waals surface area (Å²) in [7, 11) is 1.85. The third kappa shape index (κ3) is 4.34. The third-order valence-corrected chi connectivity index (χ3v) is 1.73. The lowest BCUT2D eigenvalue weighted by Gasteiger charge is -2.17. The van der Waals surface area contributed by atoms with Gasteiger partial charge in [0.1, 0.15) is 6.33 Å². The Hall–Kier alpha value is -0.940. The van der Waals surface area contributed by atoms with Crippen LogP contribution >= 0.6 is 0 Å². The van der Waals surface area contributed by atoms with Gasteiger partial charge in [0.25, 0.3) is 0 Å². The van der Waals surface area contributed by atoms with Crippen molar-refractivity contribution < 1.29 is 5.11 Å². The second kappa shape index (κ2) is 4.52. The van der Waals surface area contributed by atoms with Gasteiger partial charge in [-0.3, -0.25) is 4.68 Å². The molecule has 80 valence electrons. The molecule has 1 aromatic heterocycles. The first kappa shape index (κ1) is 11.1. The molecule has 1 rings (SSSR count). The average Bonchev–Trinajstić information content (AvgIpc) is 2.44. The van der Waals surface area contributed by atoms with E-state index < -0.39 is 5.60 Å². The van der Waals surface area contributed by atoms with Crippen LogP contribution in [0.3, 0.4) is 0 Å². The van der Waals surface area contributed by atoms with E-state index in [2.05, 4.69) is 15.4 Å². The fraction of sp³-hybridized carbons (Fsp3) is 0.778. The molecule has 0 aliphatic heterocycles. The number of hydrogen-bond donors (Lipinski definition) is 2. The Bertz CT molecular complexity index is 277. The maximum absolute atomic E-state index is 9.42. The molecule has 0 unspecified atom stereocenters. The van der Waals surface area contributed by atoms with Crippen LogP contribution in [0.15, 0.2) is 6.33 Å². The Labute approximate surface area is 84.2 Å². The zero-order valence-electron chi connectivity index (χ0n) is 8.99. The van der Waals surface area contributed by atoms with Crippen molar-refractivity contribution in [2.24, 2.45) is 7.05 Å². The molecule has 0 spiro atoms. The summed E-state index contributed by atoms with van der Waals surface area (Å²) in [5.41, 5.74) is -0.655. The zero-order chi connectivity index (χ0) is 10.6. The number of rotatable bonds is 5. The fourth-order valence-electron chi connectivity index (χ4n) is 1.09. The maximum atomic E-state index is 9.42. The molecule has 0 aliphatic carbocycles. The van der Waals surface area contributed by atoms with Crippen molar-refractivity contribution in [3.63, 3.8) is 0 Å². The second-order valence-electron chi connectivity index (χ2n) is 4.07. The summed E-state index contributed by atoms with van der Waals surface area (Å²) in [6.45, 7) is 4.92. The lowest BCUT2D eigenvalue weighted by Crippen LogP contribution is -2.35. The SMILES string of the molecule is Cn1cnc(CCNCC(C)(C)O)n1. The van der Waals surface area contributed by atoms with Crippen molar-refractivity contribution >= 4 is 0 Å². The number of aliphatic hydroxyl groups is 1. The first-order valence-corrected chi connectivity index (χ1v) is 4.75. The smallest absolute Gasteiger partial charge is 0.151 e. The summed E-state index contributed by atoms with van der Waals surface area (Å²) in [5, 5.41) is 16.7. The molecular weight excluding hydrogens is 180 g/mol. The highest BCUT2D eigenvalue weighted by Gasteiger charge is 2.10. The Morgan fingerprint density at radius 3 is 2.79 bits per heavy atom. The molecule has 0 aromatic carbocycles. The van der Waals surface area contributed by atoms with Crippen LogP contribution in [-0.2, 0) is 13.5 Å². The predicted octanol–water partition coefficient (Wildman–Crippen LogP) is -0.282. The molecule has 0 radical (unpaired) electrons. The number of aromatic nitrogens is 3. The van der Waals surface area contributed by atoms with Gasteiger partial charge >= 0.3 is 0 Å². The van der Waals surface area contributed by atoms with E-state index >= 15 is 0 Å². The molecule has 5 nitrogen and oxygen atoms in total. The maximum Gasteiger partial charge on any atom is 0.151 e. The molecule has 0 bridgehead atoms. The molecule has 0 atom stereocenters. The van der Waals surface area contributed by atoms with Crippen LogP contribution in [-0.4, -0.2) is 38.6 Å². The molecule has 5 heteroatoms. The molecule has 0 saturated carbocycles. The van der Waals surface area contributed by atoms with Crippen molar-refractivity contribution in [1.29, 1.82) is 0 Å². The second-order valence-corrected chi connectivity index (χ2v) is 4.07. The molecule has 0 aliphatic rings. The predicted molar refractivity (Wildman–Crippen MR) is 53.9 cm³/mol. The summed E-state index contributed by atoms with van der Waals surface area (Å²) in [6.07, 6.45) is 2.47. The minimum absolute atomic E-state index is 0.583. The lowest BCUT2D eigenvalue weighted by atomic mass is 10.1. The number of nitrogens with one attached hydrogen (secondary N) is 1. The van der Waals surface area contributed by atoms with Crippen molar-refractivity contribution in [3.8, 4) is 0 Å². The molecule has 0 fully saturated rings. The molecule has 1 heterocycles. The molecule has 0 amide bonds. The van der Waals surface area contributed by atoms with E-state index in [1.165, 1.54) is 0 Å². The highest BCUT2D eigenvalue weighted by atomic mass is 16.3. The monoisotopic (exact) mass is 198 g/mol. The Morgan fingerprint density at radius 1 is 1.57 bits per heavy atom. The van der Waals surface area contributed by atoms with E-state index in [0.29, 0.717) is 6.54 Å². The van der Waals surface area contributed by atoms with E-state index in [1.54, 1.807) is 24.9 Å². The fourth-order valence-corrected chi connectivity index (χ4v) is 1.09. The quantitative estimate of drug-likeness (QED) is 0.639. The van der Waals surface area contributed by atoms with Crippen molar-refractivity contribution in [3.05, 3.63) is 12.2 Å². The average molecular weight is 198 g/mol. The topological polar surface area (TPSA) is 63.0 Å². The molecule has 2 N–H and O–H groups in total. The molecule has 0 saturated heterocycles. The van der Waals surface area contributed by atoms with Gasteiger partial charge in [-0.2, -0.15) is 5.10 Å². The Balaban J connectivity index is 2.16. The van der Waals surface area contributed by atoms with Crippen LogP contribution in [0.1, 0.15) is 19.7 Å². The first-order chi connectivity index (χ1) is 6.47. The molecule has 14 heavy (non-hydrogen) atoms. The van der Waals surface area contributed by atoms with Crippen LogP contribution in [0.4, 0.5) is 0 Å². The largest absolute Gasteiger partial charge is 0.389 e. The molecular formula is C9H18N4O. The van der Waals surface area contributed by atoms with Gasteiger partial charge in [0.15, 0.2) is 5.82 Å². The van der Waals surface area contributed by atoms with Crippen LogP contribution < -0.4 is 5.32 Å². The van der Waals surface area contributed by atoms with E-state index in [-0.39, 0.29) is 0 Å². The van der Waals surface area contributed by atoms with E-state index in [9.17, 15) is 5.11 Å². The first-order valence-electron chi connectivity index (χ1n) is 4.75. The van der Waals surface area contributed by atoms with Gasteiger partial charge in [0.05, 0.1) is 5.60 Å². The van der Waals surface area contributed by atoms with Crippen LogP contribution in [0.25, 0.3) is 0 Å². The number of hydrogen-bond acceptors (Lipinski definition) is 4. The van der Waals surface area contributed by atoms with Crippen LogP contribution in [0.5, 0.6) is 0 Å². The van der Waals surface area contributed by atoms with Crippen LogP contribution in [0.2, 0.25) is 0 Å². The highest BCUT2D eigenvalue weighted by Crippen LogP contribution is 1.97. The van der Waals surface area contributed by atoms with E-state index in [4.69, 9.17) is 0 Å². The van der Waals surface area contributed by atoms with Gasteiger partial charge in [-0.15, -0.1) is 0 Å². The summed E-state index contributed by atoms with van der Waals surface area (Å²) >= 11 is 0. The summed E-state index contributed by atoms with van der Waals surface area (Å²) < 4.78 is 1.69. The van der Waals surface area contributed by atoms with E-state index in [1.807, 2.05) is 7.05 Å². The number of aryl methyl sites for hydroxylation is 1. The minimum atomic E-state index is -0.655. The normalized spacial score (nSPS) is 12.0. The van der Waals surface area contributed by atoms with E-state index in [0.717, 1.165) is 18.8 Å². The zero-order valence-corrected chi connectivity index (χ0v) is 8.99. The van der Waals surface area contributed by atoms with Gasteiger partial charge in [-0.05, 0) is 13.8 Å². The summed E-state index contributed by atoms with van der Waals surface area (Å²) in [4.78, 5) is 4.10. The standard InChI is InChI=1S/C9H18N4O/c1-9(2,14)6-10-5-4-8-11-7-13(3)12-8/h7,10,14H,4-6H2,1-3H3. The Morgan fingerprint density at radius 2 is 2.29 bits per heavy atom. The van der Waals surface area contributed by atoms with Gasteiger partial charge in [-0.25, -0.2) is 4.98 Å². The van der Waals surface area contributed by atoms with Gasteiger partial charge < -0.3 is 10.4 Å². The van der Waals surface area contributed by atoms with Gasteiger partial charge in [0.2, 0.25) is 0 Å². The van der Waals surface area contributed by atoms with Gasteiger partial charge in [0, 0.05) is 26.6 Å². The summed E-state index contributed by atoms with van der Waals surface area (Å²) in [5.74, 6) is 0.829. The minimum Gasteiger partial charge on any atom is -0.389 e. The third-order valence-electron chi connectivity index (χ3n) is 1.73. The number of nitrogens with zero attached hydrogens (tertiary/aromatic N) is 3. The molecule has 1 aromatic rings. The van der Waals surface area contributed by atoms with Gasteiger partial charge in [-0.1, -0.05) is 0 Å². The summed E-state index contributed by atoms with van der Waals surface area (Å²) in [6, 6.07) is 0. The highest BCUT2D eigenvalue weighted by molar-refractivity contribution is 4.82. The Kier molecular flexibility index (Phi) is 3.60. The van der Waals surface area contributed by atoms with Crippen molar-refractivity contribution in [2.75, 3.05) is 13.1 Å². The van der Waals surface area contributed by atoms with Crippen molar-refractivity contribution in [1.82, 2.24) is 20.1 Å².